The Kier molecular flexibility index (Phi) is 35.3. The van der Waals surface area contributed by atoms with Crippen LogP contribution in [0.5, 0.6) is 17.2 Å². The van der Waals surface area contributed by atoms with Gasteiger partial charge in [-0.25, -0.2) is 9.78 Å². The van der Waals surface area contributed by atoms with Gasteiger partial charge in [-0.3, -0.25) is 57.5 Å². The van der Waals surface area contributed by atoms with E-state index in [1.165, 1.54) is 111 Å². The Bertz CT molecular complexity index is 4210. The Hall–Kier alpha value is -11.8. The molecule has 39 nitrogen and oxygen atoms in total. The minimum absolute atomic E-state index is 0.0828. The number of carbonyl (C=O) groups is 13. The van der Waals surface area contributed by atoms with Gasteiger partial charge in [-0.15, -0.1) is 0 Å². The zero-order chi connectivity index (χ0) is 83.2. The number of hydrogen-bond acceptors (Lipinski definition) is 25. The molecule has 0 bridgehead atoms. The third-order valence-electron chi connectivity index (χ3n) is 17.7. The molecule has 0 fully saturated rings. The lowest BCUT2D eigenvalue weighted by Crippen LogP contribution is -2.63. The number of aliphatic hydroxyl groups is 6. The van der Waals surface area contributed by atoms with Gasteiger partial charge in [0.25, 0.3) is 0 Å². The van der Waals surface area contributed by atoms with Gasteiger partial charge in [0, 0.05) is 61.1 Å². The number of nitrogens with one attached hydrogen (secondary N) is 14. The van der Waals surface area contributed by atoms with E-state index in [2.05, 4.69) is 78.8 Å². The molecule has 0 radical (unpaired) electrons. The predicted octanol–water partition coefficient (Wildman–Crippen LogP) is -6.50. The summed E-state index contributed by atoms with van der Waals surface area (Å²) < 4.78 is 0. The summed E-state index contributed by atoms with van der Waals surface area (Å²) in [5.74, 6) is -16.0. The van der Waals surface area contributed by atoms with Gasteiger partial charge >= 0.3 is 5.97 Å². The van der Waals surface area contributed by atoms with Crippen molar-refractivity contribution in [3.8, 4) is 17.2 Å². The van der Waals surface area contributed by atoms with E-state index in [9.17, 15) is 113 Å². The number of nitrogens with zero attached hydrogens (tertiary/aromatic N) is 1. The van der Waals surface area contributed by atoms with Crippen molar-refractivity contribution >= 4 is 99.5 Å². The van der Waals surface area contributed by atoms with Crippen LogP contribution in [0.15, 0.2) is 116 Å². The molecule has 0 spiro atoms. The van der Waals surface area contributed by atoms with Gasteiger partial charge in [-0.05, 0) is 96.0 Å². The minimum Gasteiger partial charge on any atom is -0.508 e. The van der Waals surface area contributed by atoms with Crippen LogP contribution in [-0.2, 0) is 94.4 Å². The molecule has 0 saturated carbocycles. The van der Waals surface area contributed by atoms with Crippen LogP contribution in [0.1, 0.15) is 55.1 Å². The normalized spacial score (nSPS) is 15.0. The Labute approximate surface area is 650 Å². The van der Waals surface area contributed by atoms with Gasteiger partial charge in [0.2, 0.25) is 70.9 Å². The molecule has 4 aromatic carbocycles. The number of carboxylic acid groups (broad SMARTS) is 1. The number of fused-ring (bicyclic) bond motifs is 1. The SMILES string of the molecule is CSCC[C@H](NC(=O)[C@H](Cc1ccc(O)cc1)NC(=O)[C@H](CO)NC(=O)[C@H](Cc1ccc(O)cc1)NC(=O)[C@H](CO)NC(=O)[C@H](CO)NC(=O)[C@@H](NC(=O)[C@H](CO)NC(=O)[C@@H](NC(=O)[C@@H](N)CO)C(C)C)[C@@H](C)O)C(=O)N[C@@H](Cc1cnc[nH]1)C(=O)N[C@@H](Cc1c[nH]c2ccccc12)C(=O)N[C@@H](Cc1ccc(O)cc1)C(=O)O. The van der Waals surface area contributed by atoms with E-state index >= 15 is 0 Å². The second-order valence-corrected chi connectivity index (χ2v) is 27.6. The molecule has 0 aliphatic rings. The Morgan fingerprint density at radius 2 is 0.770 bits per heavy atom. The van der Waals surface area contributed by atoms with Crippen LogP contribution in [0.2, 0.25) is 0 Å². The fourth-order valence-electron chi connectivity index (χ4n) is 11.3. The van der Waals surface area contributed by atoms with Crippen molar-refractivity contribution < 1.29 is 113 Å². The van der Waals surface area contributed by atoms with Gasteiger partial charge in [-0.2, -0.15) is 11.8 Å². The number of nitrogens with two attached hydrogens (primary N) is 1. The van der Waals surface area contributed by atoms with Crippen molar-refractivity contribution in [2.45, 2.75) is 144 Å². The number of H-pyrrole nitrogens is 2. The number of phenols is 3. The molecule has 26 N–H and O–H groups in total. The summed E-state index contributed by atoms with van der Waals surface area (Å²) in [5, 5.41) is 131. The first-order valence-corrected chi connectivity index (χ1v) is 36.9. The van der Waals surface area contributed by atoms with Gasteiger partial charge in [0.15, 0.2) is 0 Å². The molecule has 12 amide bonds. The van der Waals surface area contributed by atoms with Crippen molar-refractivity contribution in [1.29, 1.82) is 0 Å². The quantitative estimate of drug-likeness (QED) is 0.0169. The van der Waals surface area contributed by atoms with Gasteiger partial charge in [-0.1, -0.05) is 68.4 Å². The summed E-state index contributed by atoms with van der Waals surface area (Å²) in [7, 11) is 0. The maximum Gasteiger partial charge on any atom is 0.326 e. The zero-order valence-corrected chi connectivity index (χ0v) is 62.6. The van der Waals surface area contributed by atoms with Crippen LogP contribution < -0.4 is 69.5 Å². The summed E-state index contributed by atoms with van der Waals surface area (Å²) in [5.41, 5.74) is 8.07. The second-order valence-electron chi connectivity index (χ2n) is 26.7. The van der Waals surface area contributed by atoms with Crippen LogP contribution in [0.25, 0.3) is 10.9 Å². The lowest BCUT2D eigenvalue weighted by atomic mass is 10.0. The van der Waals surface area contributed by atoms with Crippen molar-refractivity contribution in [3.05, 3.63) is 144 Å². The lowest BCUT2D eigenvalue weighted by Gasteiger charge is -2.28. The lowest BCUT2D eigenvalue weighted by molar-refractivity contribution is -0.142. The molecule has 2 heterocycles. The van der Waals surface area contributed by atoms with Crippen molar-refractivity contribution in [3.63, 3.8) is 0 Å². The maximum atomic E-state index is 14.8. The largest absolute Gasteiger partial charge is 0.508 e. The van der Waals surface area contributed by atoms with Crippen LogP contribution in [0.4, 0.5) is 0 Å². The number of carboxylic acids is 1. The van der Waals surface area contributed by atoms with Gasteiger partial charge < -0.3 is 131 Å². The first-order chi connectivity index (χ1) is 53.8. The van der Waals surface area contributed by atoms with Gasteiger partial charge in [0.1, 0.15) is 95.8 Å². The zero-order valence-electron chi connectivity index (χ0n) is 61.8. The van der Waals surface area contributed by atoms with E-state index in [1.54, 1.807) is 36.7 Å². The number of rotatable bonds is 45. The Morgan fingerprint density at radius 1 is 0.416 bits per heavy atom. The smallest absolute Gasteiger partial charge is 0.326 e. The van der Waals surface area contributed by atoms with E-state index < -0.39 is 213 Å². The van der Waals surface area contributed by atoms with E-state index in [-0.39, 0.29) is 54.2 Å². The molecule has 0 saturated heterocycles. The number of aromatic amines is 2. The fraction of sp³-hybridized carbons (Fsp3) is 0.425. The number of para-hydroxylation sites is 1. The number of hydrogen-bond donors (Lipinski definition) is 25. The summed E-state index contributed by atoms with van der Waals surface area (Å²) in [6.45, 7) is -1.49. The van der Waals surface area contributed by atoms with Crippen LogP contribution in [0, 0.1) is 5.92 Å². The number of aliphatic hydroxyl groups excluding tert-OH is 6. The molecular weight excluding hydrogens is 1500 g/mol. The third kappa shape index (κ3) is 27.6. The van der Waals surface area contributed by atoms with Crippen LogP contribution in [-0.4, -0.2) is 273 Å². The Morgan fingerprint density at radius 3 is 1.17 bits per heavy atom. The number of carbonyl (C=O) groups excluding carboxylic acids is 12. The summed E-state index contributed by atoms with van der Waals surface area (Å²) >= 11 is 1.26. The first kappa shape index (κ1) is 90.1. The molecule has 2 aromatic heterocycles. The molecule has 113 heavy (non-hydrogen) atoms. The van der Waals surface area contributed by atoms with E-state index in [4.69, 9.17) is 5.73 Å². The van der Waals surface area contributed by atoms with Crippen molar-refractivity contribution in [2.24, 2.45) is 11.7 Å². The molecule has 14 atom stereocenters. The molecule has 612 valence electrons. The molecule has 40 heteroatoms. The number of thioether (sulfide) groups is 1. The average molecular weight is 1600 g/mol. The highest BCUT2D eigenvalue weighted by molar-refractivity contribution is 7.98. The monoisotopic (exact) mass is 1600 g/mol. The predicted molar refractivity (Wildman–Crippen MR) is 403 cm³/mol. The van der Waals surface area contributed by atoms with E-state index in [0.717, 1.165) is 6.92 Å². The fourth-order valence-corrected chi connectivity index (χ4v) is 11.8. The van der Waals surface area contributed by atoms with E-state index in [1.807, 2.05) is 0 Å². The van der Waals surface area contributed by atoms with Crippen molar-refractivity contribution in [2.75, 3.05) is 45.0 Å². The number of imidazole rings is 1. The van der Waals surface area contributed by atoms with Crippen LogP contribution >= 0.6 is 11.8 Å². The molecule has 0 aliphatic carbocycles. The number of aliphatic carboxylic acids is 1. The minimum atomic E-state index is -2.03. The van der Waals surface area contributed by atoms with Crippen molar-refractivity contribution in [1.82, 2.24) is 78.8 Å². The highest BCUT2D eigenvalue weighted by Gasteiger charge is 2.39. The van der Waals surface area contributed by atoms with E-state index in [0.29, 0.717) is 33.3 Å². The topological polar surface area (TPSA) is 639 Å². The highest BCUT2D eigenvalue weighted by Crippen LogP contribution is 2.21. The average Bonchev–Trinajstić information content (AvgIpc) is 0.939. The molecular formula is C73H96N16O23S. The molecule has 6 rings (SSSR count). The molecule has 6 aromatic rings. The standard InChI is InChI=1S/C73H96N16O23S/c1-36(2)59(88-61(99)47(74)30-90)71(109)86-58(34-94)70(108)89-60(37(3)95)72(110)87-57(33-93)69(107)85-56(32-92)68(106)80-51(24-39-11-17-44(97)18-12-39)64(102)84-55(31-91)67(105)79-50(23-38-9-15-43(96)16-10-38)63(101)78-49(21-22-113-4)62(100)82-53(27-42-29-75-35-77-42)66(104)81-52(26-41-28-76-48-8-6-5-7-46(41)48)65(103)83-54(73(111)112)25-40-13-19-45(98)20-14-40/h5-20,28-29,35-37,47,49-60,76,90-98H,21-27,30-34,74H2,1-4H3,(H,75,77)(H,78,101)(H,79,105)(H,80,106)(H,81,104)(H,82,100)(H,83,103)(H,84,102)(H,85,107)(H,86,109)(H,87,110)(H,88,99)(H,89,108)(H,111,112)/t37-,47+,49+,50+,51+,52+,53+,54+,55+,56+,57+,58+,59+,60+/m1/s1. The number of amides is 12. The number of aromatic nitrogens is 3. The summed E-state index contributed by atoms with van der Waals surface area (Å²) in [4.78, 5) is 191. The van der Waals surface area contributed by atoms with Crippen LogP contribution in [0.3, 0.4) is 0 Å². The summed E-state index contributed by atoms with van der Waals surface area (Å²) in [6.07, 6.45) is 2.47. The maximum absolute atomic E-state index is 14.8. The third-order valence-corrected chi connectivity index (χ3v) is 18.3. The number of phenolic OH excluding ortho intramolecular Hbond substituents is 3. The highest BCUT2D eigenvalue weighted by atomic mass is 32.2. The Balaban J connectivity index is 1.19. The number of aromatic hydroxyl groups is 3. The number of benzene rings is 4. The van der Waals surface area contributed by atoms with Gasteiger partial charge in [0.05, 0.1) is 45.5 Å². The summed E-state index contributed by atoms with van der Waals surface area (Å²) in [6, 6.07) is 0.893. The molecule has 0 unspecified atom stereocenters. The molecule has 0 aliphatic heterocycles. The first-order valence-electron chi connectivity index (χ1n) is 35.5. The second kappa shape index (κ2) is 44.3.